The van der Waals surface area contributed by atoms with Gasteiger partial charge >= 0.3 is 0 Å². The van der Waals surface area contributed by atoms with Gasteiger partial charge in [0.15, 0.2) is 5.65 Å². The monoisotopic (exact) mass is 325 g/mol. The lowest BCUT2D eigenvalue weighted by atomic mass is 10.2. The van der Waals surface area contributed by atoms with Crippen LogP contribution in [0, 0.1) is 0 Å². The zero-order valence-electron chi connectivity index (χ0n) is 13.4. The Balaban J connectivity index is 1.66. The largest absolute Gasteiger partial charge is 0.367 e. The Morgan fingerprint density at radius 2 is 2.21 bits per heavy atom. The van der Waals surface area contributed by atoms with Crippen molar-refractivity contribution in [2.75, 3.05) is 5.32 Å². The van der Waals surface area contributed by atoms with Gasteiger partial charge < -0.3 is 15.2 Å². The minimum absolute atomic E-state index is 0.242. The van der Waals surface area contributed by atoms with Crippen molar-refractivity contribution >= 4 is 17.9 Å². The van der Waals surface area contributed by atoms with E-state index in [0.29, 0.717) is 6.04 Å². The molecule has 0 unspecified atom stereocenters. The number of hydrogen-bond acceptors (Lipinski definition) is 5. The number of fused-ring (bicyclic) bond motifs is 1. The van der Waals surface area contributed by atoms with E-state index in [-0.39, 0.29) is 6.04 Å². The normalized spacial score (nSPS) is 20.4. The highest BCUT2D eigenvalue weighted by Gasteiger charge is 2.25. The minimum atomic E-state index is 0.242. The second-order valence-electron chi connectivity index (χ2n) is 6.15. The molecule has 0 aliphatic heterocycles. The van der Waals surface area contributed by atoms with Crippen LogP contribution in [0.5, 0.6) is 0 Å². The van der Waals surface area contributed by atoms with Crippen LogP contribution < -0.4 is 10.6 Å². The fourth-order valence-electron chi connectivity index (χ4n) is 3.32. The number of anilines is 1. The van der Waals surface area contributed by atoms with Crippen LogP contribution in [0.1, 0.15) is 19.3 Å². The number of nitrogens with zero attached hydrogens (tertiary/aromatic N) is 5. The summed E-state index contributed by atoms with van der Waals surface area (Å²) >= 11 is 0. The molecule has 3 aromatic rings. The number of carbonyl (C=O) groups excluding carboxylic acids is 1. The summed E-state index contributed by atoms with van der Waals surface area (Å²) in [5, 5.41) is 10.8. The van der Waals surface area contributed by atoms with Crippen LogP contribution in [0.15, 0.2) is 30.9 Å². The Bertz CT molecular complexity index is 868. The van der Waals surface area contributed by atoms with E-state index in [1.807, 2.05) is 23.7 Å². The molecule has 0 radical (unpaired) electrons. The first kappa shape index (κ1) is 14.7. The molecular formula is C16H19N7O. The second-order valence-corrected chi connectivity index (χ2v) is 6.15. The fraction of sp³-hybridized carbons (Fsp3) is 0.375. The van der Waals surface area contributed by atoms with Gasteiger partial charge in [-0.1, -0.05) is 0 Å². The van der Waals surface area contributed by atoms with E-state index in [9.17, 15) is 4.79 Å². The van der Waals surface area contributed by atoms with Crippen molar-refractivity contribution in [3.63, 3.8) is 0 Å². The molecule has 0 spiro atoms. The SMILES string of the molecule is Cn1cncc1-c1cc(N[C@H]2CC[C@H](NC=O)C2)n2nccc2n1. The average molecular weight is 325 g/mol. The minimum Gasteiger partial charge on any atom is -0.367 e. The zero-order valence-corrected chi connectivity index (χ0v) is 13.4. The van der Waals surface area contributed by atoms with E-state index in [2.05, 4.69) is 25.7 Å². The smallest absolute Gasteiger partial charge is 0.207 e. The van der Waals surface area contributed by atoms with Crippen LogP contribution in [-0.2, 0) is 11.8 Å². The van der Waals surface area contributed by atoms with Crippen LogP contribution in [0.4, 0.5) is 5.82 Å². The molecule has 1 aliphatic rings. The lowest BCUT2D eigenvalue weighted by Crippen LogP contribution is -2.27. The molecule has 0 aromatic carbocycles. The molecule has 24 heavy (non-hydrogen) atoms. The first-order chi connectivity index (χ1) is 11.7. The quantitative estimate of drug-likeness (QED) is 0.688. The summed E-state index contributed by atoms with van der Waals surface area (Å²) < 4.78 is 3.75. The van der Waals surface area contributed by atoms with Crippen molar-refractivity contribution in [3.8, 4) is 11.4 Å². The van der Waals surface area contributed by atoms with E-state index in [1.165, 1.54) is 0 Å². The third kappa shape index (κ3) is 2.60. The zero-order chi connectivity index (χ0) is 16.5. The van der Waals surface area contributed by atoms with E-state index in [1.54, 1.807) is 23.2 Å². The number of aryl methyl sites for hydroxylation is 1. The van der Waals surface area contributed by atoms with Crippen molar-refractivity contribution in [2.45, 2.75) is 31.3 Å². The molecule has 8 nitrogen and oxygen atoms in total. The molecule has 1 amide bonds. The Labute approximate surface area is 138 Å². The van der Waals surface area contributed by atoms with E-state index >= 15 is 0 Å². The summed E-state index contributed by atoms with van der Waals surface area (Å²) in [5.41, 5.74) is 2.59. The van der Waals surface area contributed by atoms with Crippen molar-refractivity contribution in [1.82, 2.24) is 29.5 Å². The highest BCUT2D eigenvalue weighted by Crippen LogP contribution is 2.26. The highest BCUT2D eigenvalue weighted by molar-refractivity contribution is 5.63. The number of imidazole rings is 1. The Kier molecular flexibility index (Phi) is 3.64. The van der Waals surface area contributed by atoms with Gasteiger partial charge in [0.05, 0.1) is 30.1 Å². The Hall–Kier alpha value is -2.90. The van der Waals surface area contributed by atoms with Crippen LogP contribution in [0.2, 0.25) is 0 Å². The predicted octanol–water partition coefficient (Wildman–Crippen LogP) is 1.21. The van der Waals surface area contributed by atoms with Gasteiger partial charge in [-0.2, -0.15) is 9.61 Å². The Morgan fingerprint density at radius 3 is 3.00 bits per heavy atom. The van der Waals surface area contributed by atoms with Gasteiger partial charge in [-0.15, -0.1) is 0 Å². The number of hydrogen-bond donors (Lipinski definition) is 2. The lowest BCUT2D eigenvalue weighted by molar-refractivity contribution is -0.110. The molecule has 3 aromatic heterocycles. The van der Waals surface area contributed by atoms with Crippen LogP contribution >= 0.6 is 0 Å². The number of rotatable bonds is 5. The van der Waals surface area contributed by atoms with Crippen molar-refractivity contribution in [3.05, 3.63) is 30.9 Å². The first-order valence-electron chi connectivity index (χ1n) is 8.02. The van der Waals surface area contributed by atoms with Crippen LogP contribution in [0.3, 0.4) is 0 Å². The van der Waals surface area contributed by atoms with Gasteiger partial charge in [0.1, 0.15) is 5.82 Å². The van der Waals surface area contributed by atoms with Crippen molar-refractivity contribution in [1.29, 1.82) is 0 Å². The molecule has 0 saturated heterocycles. The van der Waals surface area contributed by atoms with E-state index in [0.717, 1.165) is 48.5 Å². The van der Waals surface area contributed by atoms with E-state index < -0.39 is 0 Å². The molecule has 2 atom stereocenters. The third-order valence-electron chi connectivity index (χ3n) is 4.53. The topological polar surface area (TPSA) is 89.1 Å². The van der Waals surface area contributed by atoms with Gasteiger partial charge in [-0.3, -0.25) is 4.79 Å². The van der Waals surface area contributed by atoms with Gasteiger partial charge in [-0.25, -0.2) is 9.97 Å². The molecule has 1 aliphatic carbocycles. The molecule has 8 heteroatoms. The Morgan fingerprint density at radius 1 is 1.33 bits per heavy atom. The van der Waals surface area contributed by atoms with Gasteiger partial charge in [0.2, 0.25) is 6.41 Å². The molecule has 4 rings (SSSR count). The van der Waals surface area contributed by atoms with Crippen LogP contribution in [0.25, 0.3) is 17.0 Å². The number of nitrogens with one attached hydrogen (secondary N) is 2. The second kappa shape index (κ2) is 5.95. The predicted molar refractivity (Wildman–Crippen MR) is 89.4 cm³/mol. The summed E-state index contributed by atoms with van der Waals surface area (Å²) in [6.07, 6.45) is 8.99. The maximum atomic E-state index is 10.6. The summed E-state index contributed by atoms with van der Waals surface area (Å²) in [4.78, 5) is 19.4. The molecule has 1 fully saturated rings. The summed E-state index contributed by atoms with van der Waals surface area (Å²) in [7, 11) is 1.95. The van der Waals surface area contributed by atoms with Gasteiger partial charge in [0, 0.05) is 31.3 Å². The number of carbonyl (C=O) groups is 1. The first-order valence-corrected chi connectivity index (χ1v) is 8.02. The lowest BCUT2D eigenvalue weighted by Gasteiger charge is -2.16. The summed E-state index contributed by atoms with van der Waals surface area (Å²) in [6, 6.07) is 4.43. The average Bonchev–Trinajstić information content (AvgIpc) is 3.28. The molecular weight excluding hydrogens is 306 g/mol. The fourth-order valence-corrected chi connectivity index (χ4v) is 3.32. The van der Waals surface area contributed by atoms with Crippen molar-refractivity contribution in [2.24, 2.45) is 7.05 Å². The molecule has 0 bridgehead atoms. The number of amides is 1. The van der Waals surface area contributed by atoms with Gasteiger partial charge in [0.25, 0.3) is 0 Å². The maximum Gasteiger partial charge on any atom is 0.207 e. The summed E-state index contributed by atoms with van der Waals surface area (Å²) in [5.74, 6) is 0.901. The molecule has 1 saturated carbocycles. The summed E-state index contributed by atoms with van der Waals surface area (Å²) in [6.45, 7) is 0. The highest BCUT2D eigenvalue weighted by atomic mass is 16.1. The van der Waals surface area contributed by atoms with Crippen LogP contribution in [-0.4, -0.2) is 42.6 Å². The standard InChI is InChI=1S/C16H19N7O/c1-22-9-17-8-14(22)13-7-16(23-15(21-13)4-5-19-23)20-12-3-2-11(6-12)18-10-24/h4-5,7-12,20H,2-3,6H2,1H3,(H,18,24)/t11-,12-/m0/s1. The number of aromatic nitrogens is 5. The van der Waals surface area contributed by atoms with Crippen molar-refractivity contribution < 1.29 is 4.79 Å². The molecule has 2 N–H and O–H groups in total. The van der Waals surface area contributed by atoms with Gasteiger partial charge in [-0.05, 0) is 19.3 Å². The maximum absolute atomic E-state index is 10.6. The van der Waals surface area contributed by atoms with E-state index in [4.69, 9.17) is 0 Å². The molecule has 124 valence electrons. The molecule has 3 heterocycles. The third-order valence-corrected chi connectivity index (χ3v) is 4.53.